The van der Waals surface area contributed by atoms with E-state index in [0.717, 1.165) is 25.0 Å². The minimum Gasteiger partial charge on any atom is -0.444 e. The lowest BCUT2D eigenvalue weighted by atomic mass is 10.1. The van der Waals surface area contributed by atoms with Gasteiger partial charge in [-0.25, -0.2) is 19.2 Å². The number of nitrogens with zero attached hydrogens (tertiary/aromatic N) is 4. The monoisotopic (exact) mass is 586 g/mol. The molecule has 2 amide bonds. The molecule has 2 aliphatic rings. The predicted octanol–water partition coefficient (Wildman–Crippen LogP) is 1.89. The second-order valence-corrected chi connectivity index (χ2v) is 9.91. The molecule has 2 aromatic rings. The third-order valence-electron chi connectivity index (χ3n) is 6.45. The zero-order valence-electron chi connectivity index (χ0n) is 23.3. The number of amides is 2. The van der Waals surface area contributed by atoms with E-state index in [9.17, 15) is 9.59 Å². The summed E-state index contributed by atoms with van der Waals surface area (Å²) in [4.78, 5) is 39.1. The fraction of sp³-hybridized carbons (Fsp3) is 0.481. The summed E-state index contributed by atoms with van der Waals surface area (Å²) < 4.78 is 31.4. The lowest BCUT2D eigenvalue weighted by Crippen LogP contribution is -2.48. The highest BCUT2D eigenvalue weighted by molar-refractivity contribution is 5.98. The summed E-state index contributed by atoms with van der Waals surface area (Å²) in [5.74, 6) is -0.895. The lowest BCUT2D eigenvalue weighted by Gasteiger charge is -2.32. The summed E-state index contributed by atoms with van der Waals surface area (Å²) in [6.45, 7) is 3.84. The molecular formula is C27H35FN8O6. The van der Waals surface area contributed by atoms with Crippen LogP contribution in [0.5, 0.6) is 0 Å². The van der Waals surface area contributed by atoms with Crippen molar-refractivity contribution in [1.29, 1.82) is 5.41 Å². The summed E-state index contributed by atoms with van der Waals surface area (Å²) in [7, 11) is 0. The van der Waals surface area contributed by atoms with Crippen molar-refractivity contribution in [1.82, 2.24) is 20.6 Å². The number of benzene rings is 1. The highest BCUT2D eigenvalue weighted by Gasteiger charge is 2.26. The van der Waals surface area contributed by atoms with E-state index in [4.69, 9.17) is 30.2 Å². The maximum Gasteiger partial charge on any atom is 0.414 e. The molecule has 5 N–H and O–H groups in total. The quantitative estimate of drug-likeness (QED) is 0.163. The van der Waals surface area contributed by atoms with E-state index in [0.29, 0.717) is 44.4 Å². The number of aromatic nitrogens is 2. The largest absolute Gasteiger partial charge is 0.444 e. The van der Waals surface area contributed by atoms with Gasteiger partial charge in [0, 0.05) is 55.1 Å². The molecule has 2 saturated heterocycles. The van der Waals surface area contributed by atoms with Crippen LogP contribution in [0.4, 0.5) is 15.1 Å². The van der Waals surface area contributed by atoms with Crippen molar-refractivity contribution in [2.45, 2.75) is 39.1 Å². The fourth-order valence-corrected chi connectivity index (χ4v) is 4.19. The van der Waals surface area contributed by atoms with Crippen LogP contribution in [-0.4, -0.2) is 79.4 Å². The van der Waals surface area contributed by atoms with E-state index in [1.165, 1.54) is 25.4 Å². The van der Waals surface area contributed by atoms with Crippen molar-refractivity contribution in [2.24, 2.45) is 16.8 Å². The van der Waals surface area contributed by atoms with E-state index in [-0.39, 0.29) is 42.5 Å². The van der Waals surface area contributed by atoms with Crippen LogP contribution in [0.25, 0.3) is 11.1 Å². The first-order chi connectivity index (χ1) is 20.3. The van der Waals surface area contributed by atoms with Crippen molar-refractivity contribution in [3.63, 3.8) is 0 Å². The van der Waals surface area contributed by atoms with E-state index in [1.54, 1.807) is 12.1 Å². The Morgan fingerprint density at radius 3 is 2.74 bits per heavy atom. The number of ether oxygens (including phenoxy) is 3. The molecule has 2 atom stereocenters. The third kappa shape index (κ3) is 9.07. The van der Waals surface area contributed by atoms with Gasteiger partial charge >= 0.3 is 6.09 Å². The van der Waals surface area contributed by atoms with Crippen LogP contribution in [-0.2, 0) is 30.4 Å². The van der Waals surface area contributed by atoms with Crippen molar-refractivity contribution in [2.75, 3.05) is 44.4 Å². The smallest absolute Gasteiger partial charge is 0.414 e. The van der Waals surface area contributed by atoms with Gasteiger partial charge in [0.25, 0.3) is 0 Å². The van der Waals surface area contributed by atoms with Gasteiger partial charge in [-0.05, 0) is 19.3 Å². The average molecular weight is 587 g/mol. The normalized spacial score (nSPS) is 17.0. The molecule has 0 aliphatic carbocycles. The molecule has 2 aliphatic heterocycles. The molecule has 0 bridgehead atoms. The Balaban J connectivity index is 1.25. The van der Waals surface area contributed by atoms with Gasteiger partial charge < -0.3 is 35.0 Å². The Morgan fingerprint density at radius 1 is 1.26 bits per heavy atom. The van der Waals surface area contributed by atoms with E-state index >= 15 is 4.39 Å². The van der Waals surface area contributed by atoms with E-state index < -0.39 is 17.9 Å². The SMILES string of the molecule is CC(=O)NCC(CON=C1CN(c2ncc(-c3cccc(COC(=O)NC(=N)N)c3F)cn2)C1)COC1CCCCO1. The van der Waals surface area contributed by atoms with Crippen molar-refractivity contribution >= 4 is 29.6 Å². The number of carbonyl (C=O) groups excluding carboxylic acids is 2. The van der Waals surface area contributed by atoms with Crippen LogP contribution in [0.3, 0.4) is 0 Å². The first-order valence-corrected chi connectivity index (χ1v) is 13.6. The molecule has 2 fully saturated rings. The molecule has 4 rings (SSSR count). The van der Waals surface area contributed by atoms with Crippen molar-refractivity contribution < 1.29 is 33.0 Å². The molecule has 226 valence electrons. The second kappa shape index (κ2) is 15.0. The molecule has 2 unspecified atom stereocenters. The van der Waals surface area contributed by atoms with Gasteiger partial charge in [0.2, 0.25) is 11.9 Å². The average Bonchev–Trinajstić information content (AvgIpc) is 2.95. The Hall–Kier alpha value is -4.37. The molecule has 15 heteroatoms. The molecule has 42 heavy (non-hydrogen) atoms. The molecule has 3 heterocycles. The molecule has 0 radical (unpaired) electrons. The van der Waals surface area contributed by atoms with Gasteiger partial charge in [-0.1, -0.05) is 23.4 Å². The van der Waals surface area contributed by atoms with Gasteiger partial charge in [0.1, 0.15) is 19.0 Å². The number of nitrogens with one attached hydrogen (secondary N) is 3. The van der Waals surface area contributed by atoms with Gasteiger partial charge in [0.05, 0.1) is 25.4 Å². The van der Waals surface area contributed by atoms with Gasteiger partial charge in [-0.2, -0.15) is 0 Å². The number of guanidine groups is 1. The van der Waals surface area contributed by atoms with Crippen LogP contribution in [0.2, 0.25) is 0 Å². The van der Waals surface area contributed by atoms with Crippen LogP contribution in [0.15, 0.2) is 35.7 Å². The lowest BCUT2D eigenvalue weighted by molar-refractivity contribution is -0.171. The fourth-order valence-electron chi connectivity index (χ4n) is 4.19. The van der Waals surface area contributed by atoms with Crippen LogP contribution < -0.4 is 21.3 Å². The number of oxime groups is 1. The second-order valence-electron chi connectivity index (χ2n) is 9.91. The molecule has 0 spiro atoms. The third-order valence-corrected chi connectivity index (χ3v) is 6.45. The molecular weight excluding hydrogens is 551 g/mol. The number of halogens is 1. The predicted molar refractivity (Wildman–Crippen MR) is 150 cm³/mol. The highest BCUT2D eigenvalue weighted by atomic mass is 19.1. The standard InChI is InChI=1S/C27H35FN8O6/c1-17(37)31-9-18(14-40-23-7-2-3-8-39-23)15-42-35-21-12-36(13-21)26-32-10-20(11-33-26)22-6-4-5-19(24(22)28)16-41-27(38)34-25(29)30/h4-6,10-11,18,23H,2-3,7-9,12-16H2,1H3,(H,31,37)(H4,29,30,34,38). The van der Waals surface area contributed by atoms with Gasteiger partial charge in [-0.3, -0.25) is 15.5 Å². The molecule has 1 aromatic heterocycles. The molecule has 0 saturated carbocycles. The minimum absolute atomic E-state index is 0.0843. The number of hydrogen-bond acceptors (Lipinski definition) is 11. The number of anilines is 1. The summed E-state index contributed by atoms with van der Waals surface area (Å²) in [6, 6.07) is 4.69. The Morgan fingerprint density at radius 2 is 2.05 bits per heavy atom. The number of carbonyl (C=O) groups is 2. The van der Waals surface area contributed by atoms with Crippen LogP contribution >= 0.6 is 0 Å². The zero-order chi connectivity index (χ0) is 29.9. The maximum absolute atomic E-state index is 15.1. The van der Waals surface area contributed by atoms with Gasteiger partial charge in [-0.15, -0.1) is 0 Å². The minimum atomic E-state index is -0.952. The van der Waals surface area contributed by atoms with Crippen molar-refractivity contribution in [3.05, 3.63) is 42.0 Å². The Kier molecular flexibility index (Phi) is 10.9. The highest BCUT2D eigenvalue weighted by Crippen LogP contribution is 2.26. The summed E-state index contributed by atoms with van der Waals surface area (Å²) in [6.07, 6.45) is 4.82. The van der Waals surface area contributed by atoms with E-state index in [1.807, 2.05) is 10.2 Å². The van der Waals surface area contributed by atoms with Crippen LogP contribution in [0.1, 0.15) is 31.7 Å². The summed E-state index contributed by atoms with van der Waals surface area (Å²) in [5, 5.41) is 16.0. The van der Waals surface area contributed by atoms with Crippen LogP contribution in [0, 0.1) is 17.1 Å². The number of hydrogen-bond donors (Lipinski definition) is 4. The van der Waals surface area contributed by atoms with Crippen molar-refractivity contribution in [3.8, 4) is 11.1 Å². The molecule has 14 nitrogen and oxygen atoms in total. The van der Waals surface area contributed by atoms with E-state index in [2.05, 4.69) is 20.4 Å². The topological polar surface area (TPSA) is 186 Å². The maximum atomic E-state index is 15.1. The van der Waals surface area contributed by atoms with Gasteiger partial charge in [0.15, 0.2) is 12.2 Å². The Bertz CT molecular complexity index is 1260. The number of rotatable bonds is 12. The Labute approximate surface area is 242 Å². The summed E-state index contributed by atoms with van der Waals surface area (Å²) in [5.41, 5.74) is 6.74. The zero-order valence-corrected chi connectivity index (χ0v) is 23.3. The molecule has 1 aromatic carbocycles. The first-order valence-electron chi connectivity index (χ1n) is 13.6. The number of nitrogens with two attached hydrogens (primary N) is 1. The summed E-state index contributed by atoms with van der Waals surface area (Å²) >= 11 is 0. The number of alkyl carbamates (subject to hydrolysis) is 1. The first kappa shape index (κ1) is 30.6.